The van der Waals surface area contributed by atoms with Gasteiger partial charge in [-0.25, -0.2) is 0 Å². The Kier molecular flexibility index (Phi) is 5.27. The van der Waals surface area contributed by atoms with Gasteiger partial charge in [0.1, 0.15) is 11.9 Å². The van der Waals surface area contributed by atoms with E-state index in [-0.39, 0.29) is 12.3 Å². The van der Waals surface area contributed by atoms with Gasteiger partial charge in [-0.1, -0.05) is 6.07 Å². The van der Waals surface area contributed by atoms with E-state index < -0.39 is 30.6 Å². The molecule has 20 heavy (non-hydrogen) atoms. The molecule has 0 aliphatic carbocycles. The Morgan fingerprint density at radius 2 is 1.80 bits per heavy atom. The fourth-order valence-corrected chi connectivity index (χ4v) is 1.44. The summed E-state index contributed by atoms with van der Waals surface area (Å²) in [4.78, 5) is 0. The van der Waals surface area contributed by atoms with Crippen LogP contribution >= 0.6 is 0 Å². The highest BCUT2D eigenvalue weighted by Crippen LogP contribution is 2.31. The monoisotopic (exact) mass is 301 g/mol. The molecule has 0 radical (unpaired) electrons. The Balaban J connectivity index is 2.52. The van der Waals surface area contributed by atoms with Crippen molar-refractivity contribution in [3.63, 3.8) is 0 Å². The summed E-state index contributed by atoms with van der Waals surface area (Å²) >= 11 is 0. The zero-order chi connectivity index (χ0) is 15.4. The largest absolute Gasteiger partial charge is 0.489 e. The van der Waals surface area contributed by atoms with Crippen molar-refractivity contribution in [2.75, 3.05) is 13.1 Å². The second-order valence-corrected chi connectivity index (χ2v) is 4.20. The minimum Gasteiger partial charge on any atom is -0.489 e. The van der Waals surface area contributed by atoms with Crippen LogP contribution in [0, 0.1) is 0 Å². The van der Waals surface area contributed by atoms with Crippen LogP contribution in [0.5, 0.6) is 5.75 Å². The van der Waals surface area contributed by atoms with Gasteiger partial charge in [-0.15, -0.1) is 0 Å². The van der Waals surface area contributed by atoms with Gasteiger partial charge in [-0.05, 0) is 25.1 Å². The molecule has 0 spiro atoms. The maximum atomic E-state index is 12.4. The first-order valence-electron chi connectivity index (χ1n) is 5.69. The van der Waals surface area contributed by atoms with Crippen LogP contribution in [0.25, 0.3) is 0 Å². The summed E-state index contributed by atoms with van der Waals surface area (Å²) in [5.74, 6) is -0.0406. The third-order valence-corrected chi connectivity index (χ3v) is 2.26. The van der Waals surface area contributed by atoms with Gasteiger partial charge >= 0.3 is 12.4 Å². The molecule has 0 aliphatic rings. The third-order valence-electron chi connectivity index (χ3n) is 2.26. The number of halogens is 6. The average Bonchev–Trinajstić information content (AvgIpc) is 2.26. The smallest absolute Gasteiger partial charge is 0.416 e. The number of ether oxygens (including phenoxy) is 1. The van der Waals surface area contributed by atoms with E-state index >= 15 is 0 Å². The van der Waals surface area contributed by atoms with Crippen molar-refractivity contribution in [1.29, 1.82) is 0 Å². The van der Waals surface area contributed by atoms with Gasteiger partial charge in [0, 0.05) is 6.54 Å². The van der Waals surface area contributed by atoms with Crippen molar-refractivity contribution in [1.82, 2.24) is 5.32 Å². The molecule has 0 amide bonds. The average molecular weight is 301 g/mol. The van der Waals surface area contributed by atoms with Crippen LogP contribution in [0.15, 0.2) is 24.3 Å². The molecule has 0 aliphatic heterocycles. The van der Waals surface area contributed by atoms with Crippen molar-refractivity contribution in [2.45, 2.75) is 25.4 Å². The highest BCUT2D eigenvalue weighted by Gasteiger charge is 2.30. The molecular formula is C12H13F6NO. The van der Waals surface area contributed by atoms with E-state index in [9.17, 15) is 26.3 Å². The molecule has 1 rings (SSSR count). The molecule has 0 fully saturated rings. The standard InChI is InChI=1S/C12H13F6NO/c1-8(6-19-7-11(13,14)15)20-10-4-2-3-9(5-10)12(16,17)18/h2-5,8,19H,6-7H2,1H3. The van der Waals surface area contributed by atoms with Crippen LogP contribution in [0.3, 0.4) is 0 Å². The van der Waals surface area contributed by atoms with Crippen LogP contribution in [-0.4, -0.2) is 25.4 Å². The molecule has 1 N–H and O–H groups in total. The van der Waals surface area contributed by atoms with E-state index in [0.29, 0.717) is 0 Å². The lowest BCUT2D eigenvalue weighted by Gasteiger charge is -2.17. The minimum absolute atomic E-state index is 0.0406. The van der Waals surface area contributed by atoms with Gasteiger partial charge < -0.3 is 10.1 Å². The highest BCUT2D eigenvalue weighted by molar-refractivity contribution is 5.30. The first-order chi connectivity index (χ1) is 9.08. The fourth-order valence-electron chi connectivity index (χ4n) is 1.44. The number of rotatable bonds is 5. The lowest BCUT2D eigenvalue weighted by molar-refractivity contribution is -0.137. The van der Waals surface area contributed by atoms with Gasteiger partial charge in [0.2, 0.25) is 0 Å². The minimum atomic E-state index is -4.49. The lowest BCUT2D eigenvalue weighted by atomic mass is 10.2. The predicted molar refractivity (Wildman–Crippen MR) is 60.5 cm³/mol. The Labute approximate surface area is 111 Å². The second kappa shape index (κ2) is 6.34. The van der Waals surface area contributed by atoms with Crippen molar-refractivity contribution in [3.8, 4) is 5.75 Å². The second-order valence-electron chi connectivity index (χ2n) is 4.20. The fraction of sp³-hybridized carbons (Fsp3) is 0.500. The number of benzene rings is 1. The Bertz CT molecular complexity index is 429. The van der Waals surface area contributed by atoms with Crippen LogP contribution < -0.4 is 10.1 Å². The molecule has 0 bridgehead atoms. The van der Waals surface area contributed by atoms with Crippen LogP contribution in [0.2, 0.25) is 0 Å². The van der Waals surface area contributed by atoms with Crippen LogP contribution in [0.1, 0.15) is 12.5 Å². The molecule has 0 heterocycles. The maximum absolute atomic E-state index is 12.4. The van der Waals surface area contributed by atoms with Crippen molar-refractivity contribution in [2.24, 2.45) is 0 Å². The molecule has 0 saturated heterocycles. The molecular weight excluding hydrogens is 288 g/mol. The summed E-state index contributed by atoms with van der Waals surface area (Å²) in [6.45, 7) is 0.155. The molecule has 8 heteroatoms. The summed E-state index contributed by atoms with van der Waals surface area (Å²) in [6, 6.07) is 4.18. The molecule has 1 aromatic rings. The molecule has 1 atom stereocenters. The highest BCUT2D eigenvalue weighted by atomic mass is 19.4. The summed E-state index contributed by atoms with van der Waals surface area (Å²) in [5, 5.41) is 2.12. The van der Waals surface area contributed by atoms with Gasteiger partial charge in [0.05, 0.1) is 12.1 Å². The van der Waals surface area contributed by atoms with E-state index in [1.807, 2.05) is 0 Å². The third kappa shape index (κ3) is 6.14. The lowest BCUT2D eigenvalue weighted by Crippen LogP contribution is -2.35. The van der Waals surface area contributed by atoms with Gasteiger partial charge in [-0.2, -0.15) is 26.3 Å². The van der Waals surface area contributed by atoms with Crippen LogP contribution in [-0.2, 0) is 6.18 Å². The first kappa shape index (κ1) is 16.6. The number of hydrogen-bond acceptors (Lipinski definition) is 2. The summed E-state index contributed by atoms with van der Waals surface area (Å²) in [7, 11) is 0. The Morgan fingerprint density at radius 3 is 2.35 bits per heavy atom. The van der Waals surface area contributed by atoms with E-state index in [1.54, 1.807) is 0 Å². The van der Waals surface area contributed by atoms with Crippen molar-refractivity contribution >= 4 is 0 Å². The van der Waals surface area contributed by atoms with E-state index in [4.69, 9.17) is 4.74 Å². The van der Waals surface area contributed by atoms with Crippen molar-refractivity contribution in [3.05, 3.63) is 29.8 Å². The summed E-state index contributed by atoms with van der Waals surface area (Å²) in [6.07, 6.45) is -9.52. The topological polar surface area (TPSA) is 21.3 Å². The SMILES string of the molecule is CC(CNCC(F)(F)F)Oc1cccc(C(F)(F)F)c1. The van der Waals surface area contributed by atoms with Gasteiger partial charge in [0.15, 0.2) is 0 Å². The first-order valence-corrected chi connectivity index (χ1v) is 5.69. The summed E-state index contributed by atoms with van der Waals surface area (Å²) < 4.78 is 78.1. The number of hydrogen-bond donors (Lipinski definition) is 1. The van der Waals surface area contributed by atoms with E-state index in [0.717, 1.165) is 12.1 Å². The number of alkyl halides is 6. The van der Waals surface area contributed by atoms with E-state index in [2.05, 4.69) is 5.32 Å². The molecule has 114 valence electrons. The van der Waals surface area contributed by atoms with E-state index in [1.165, 1.54) is 19.1 Å². The zero-order valence-corrected chi connectivity index (χ0v) is 10.5. The van der Waals surface area contributed by atoms with Crippen molar-refractivity contribution < 1.29 is 31.1 Å². The Morgan fingerprint density at radius 1 is 1.15 bits per heavy atom. The predicted octanol–water partition coefficient (Wildman–Crippen LogP) is 3.62. The van der Waals surface area contributed by atoms with Crippen LogP contribution in [0.4, 0.5) is 26.3 Å². The quantitative estimate of drug-likeness (QED) is 0.839. The molecule has 0 saturated carbocycles. The Hall–Kier alpha value is -1.44. The molecule has 0 aromatic heterocycles. The molecule has 2 nitrogen and oxygen atoms in total. The zero-order valence-electron chi connectivity index (χ0n) is 10.5. The molecule has 1 aromatic carbocycles. The van der Waals surface area contributed by atoms with Gasteiger partial charge in [-0.3, -0.25) is 0 Å². The summed E-state index contributed by atoms with van der Waals surface area (Å²) in [5.41, 5.74) is -0.870. The number of nitrogens with one attached hydrogen (secondary N) is 1. The molecule has 1 unspecified atom stereocenters. The maximum Gasteiger partial charge on any atom is 0.416 e. The van der Waals surface area contributed by atoms with Gasteiger partial charge in [0.25, 0.3) is 0 Å². The normalized spacial score (nSPS) is 14.2.